The molecule has 0 radical (unpaired) electrons. The summed E-state index contributed by atoms with van der Waals surface area (Å²) >= 11 is 3.24. The largest absolute Gasteiger partial charge is 0.326 e. The fourth-order valence-electron chi connectivity index (χ4n) is 1.69. The van der Waals surface area contributed by atoms with Gasteiger partial charge in [0, 0.05) is 18.3 Å². The molecular weight excluding hydrogens is 285 g/mol. The Morgan fingerprint density at radius 3 is 2.82 bits per heavy atom. The maximum atomic E-state index is 13.3. The van der Waals surface area contributed by atoms with Crippen molar-refractivity contribution in [3.8, 4) is 0 Å². The Morgan fingerprint density at radius 1 is 1.41 bits per heavy atom. The fraction of sp³-hybridized carbons (Fsp3) is 0.250. The second kappa shape index (κ2) is 4.98. The minimum Gasteiger partial charge on any atom is -0.326 e. The molecular formula is C12H13BrFN3. The van der Waals surface area contributed by atoms with Gasteiger partial charge in [0.15, 0.2) is 0 Å². The number of rotatable bonds is 3. The van der Waals surface area contributed by atoms with E-state index in [1.54, 1.807) is 10.7 Å². The Morgan fingerprint density at radius 2 is 2.18 bits per heavy atom. The lowest BCUT2D eigenvalue weighted by molar-refractivity contribution is 0.610. The molecule has 2 aromatic rings. The molecule has 1 aromatic carbocycles. The first-order valence-electron chi connectivity index (χ1n) is 5.27. The Bertz CT molecular complexity index is 537. The van der Waals surface area contributed by atoms with Crippen LogP contribution < -0.4 is 5.73 Å². The molecule has 3 nitrogen and oxygen atoms in total. The monoisotopic (exact) mass is 297 g/mol. The predicted molar refractivity (Wildman–Crippen MR) is 68.1 cm³/mol. The van der Waals surface area contributed by atoms with Crippen LogP contribution in [0.1, 0.15) is 16.8 Å². The molecule has 0 fully saturated rings. The highest BCUT2D eigenvalue weighted by atomic mass is 79.9. The Kier molecular flexibility index (Phi) is 3.59. The number of hydrogen-bond acceptors (Lipinski definition) is 2. The van der Waals surface area contributed by atoms with Gasteiger partial charge in [0.2, 0.25) is 0 Å². The average molecular weight is 298 g/mol. The van der Waals surface area contributed by atoms with Gasteiger partial charge >= 0.3 is 0 Å². The van der Waals surface area contributed by atoms with E-state index in [0.717, 1.165) is 16.8 Å². The minimum absolute atomic E-state index is 0.259. The van der Waals surface area contributed by atoms with Gasteiger partial charge in [0.05, 0.1) is 16.7 Å². The third-order valence-corrected chi connectivity index (χ3v) is 3.52. The Balaban J connectivity index is 2.28. The molecule has 2 rings (SSSR count). The van der Waals surface area contributed by atoms with Crippen LogP contribution in [0.2, 0.25) is 0 Å². The molecule has 0 amide bonds. The smallest absolute Gasteiger partial charge is 0.137 e. The maximum Gasteiger partial charge on any atom is 0.137 e. The zero-order valence-electron chi connectivity index (χ0n) is 9.45. The highest BCUT2D eigenvalue weighted by Gasteiger charge is 2.08. The maximum absolute atomic E-state index is 13.3. The van der Waals surface area contributed by atoms with Gasteiger partial charge in [0.25, 0.3) is 0 Å². The normalized spacial score (nSPS) is 10.8. The first kappa shape index (κ1) is 12.3. The lowest BCUT2D eigenvalue weighted by atomic mass is 10.2. The number of aromatic nitrogens is 2. The van der Waals surface area contributed by atoms with Crippen LogP contribution in [0.4, 0.5) is 4.39 Å². The summed E-state index contributed by atoms with van der Waals surface area (Å²) in [6.45, 7) is 2.91. The number of nitrogens with zero attached hydrogens (tertiary/aromatic N) is 2. The molecule has 0 unspecified atom stereocenters. The number of benzene rings is 1. The van der Waals surface area contributed by atoms with Crippen LogP contribution in [-0.4, -0.2) is 9.78 Å². The predicted octanol–water partition coefficient (Wildman–Crippen LogP) is 2.60. The van der Waals surface area contributed by atoms with E-state index >= 15 is 0 Å². The molecule has 0 spiro atoms. The molecule has 0 aliphatic carbocycles. The number of aryl methyl sites for hydroxylation is 1. The second-order valence-electron chi connectivity index (χ2n) is 3.85. The van der Waals surface area contributed by atoms with E-state index in [1.165, 1.54) is 6.07 Å². The summed E-state index contributed by atoms with van der Waals surface area (Å²) in [5.41, 5.74) is 8.37. The molecule has 0 bridgehead atoms. The van der Waals surface area contributed by atoms with Gasteiger partial charge in [-0.3, -0.25) is 4.68 Å². The average Bonchev–Trinajstić information content (AvgIpc) is 2.65. The third-order valence-electron chi connectivity index (χ3n) is 2.63. The van der Waals surface area contributed by atoms with Crippen LogP contribution in [0.25, 0.3) is 0 Å². The zero-order chi connectivity index (χ0) is 12.4. The van der Waals surface area contributed by atoms with E-state index in [9.17, 15) is 4.39 Å². The molecule has 0 aliphatic heterocycles. The van der Waals surface area contributed by atoms with E-state index in [0.29, 0.717) is 17.6 Å². The standard InChI is InChI=1S/C12H13BrFN3/c1-8-10(5-15)7-17(16-8)6-9-3-2-4-11(14)12(9)13/h2-4,7H,5-6,15H2,1H3. The number of halogens is 2. The zero-order valence-corrected chi connectivity index (χ0v) is 11.0. The second-order valence-corrected chi connectivity index (χ2v) is 4.65. The van der Waals surface area contributed by atoms with Crippen molar-refractivity contribution in [2.75, 3.05) is 0 Å². The topological polar surface area (TPSA) is 43.8 Å². The quantitative estimate of drug-likeness (QED) is 0.946. The molecule has 1 aromatic heterocycles. The van der Waals surface area contributed by atoms with Gasteiger partial charge < -0.3 is 5.73 Å². The molecule has 2 N–H and O–H groups in total. The third kappa shape index (κ3) is 2.56. The lowest BCUT2D eigenvalue weighted by Crippen LogP contribution is -2.02. The van der Waals surface area contributed by atoms with Crippen LogP contribution in [-0.2, 0) is 13.1 Å². The molecule has 0 saturated carbocycles. The molecule has 0 saturated heterocycles. The summed E-state index contributed by atoms with van der Waals surface area (Å²) < 4.78 is 15.6. The van der Waals surface area contributed by atoms with Gasteiger partial charge in [-0.25, -0.2) is 4.39 Å². The van der Waals surface area contributed by atoms with E-state index in [4.69, 9.17) is 5.73 Å². The van der Waals surface area contributed by atoms with E-state index in [2.05, 4.69) is 21.0 Å². The first-order valence-corrected chi connectivity index (χ1v) is 6.07. The first-order chi connectivity index (χ1) is 8.11. The molecule has 0 atom stereocenters. The van der Waals surface area contributed by atoms with Crippen molar-refractivity contribution in [2.24, 2.45) is 5.73 Å². The van der Waals surface area contributed by atoms with Crippen LogP contribution >= 0.6 is 15.9 Å². The van der Waals surface area contributed by atoms with Crippen molar-refractivity contribution < 1.29 is 4.39 Å². The molecule has 1 heterocycles. The van der Waals surface area contributed by atoms with Gasteiger partial charge in [-0.15, -0.1) is 0 Å². The highest BCUT2D eigenvalue weighted by molar-refractivity contribution is 9.10. The van der Waals surface area contributed by atoms with Crippen molar-refractivity contribution in [1.29, 1.82) is 0 Å². The highest BCUT2D eigenvalue weighted by Crippen LogP contribution is 2.21. The fourth-order valence-corrected chi connectivity index (χ4v) is 2.08. The van der Waals surface area contributed by atoms with E-state index in [1.807, 2.05) is 19.2 Å². The van der Waals surface area contributed by atoms with Crippen molar-refractivity contribution >= 4 is 15.9 Å². The summed E-state index contributed by atoms with van der Waals surface area (Å²) in [4.78, 5) is 0. The van der Waals surface area contributed by atoms with Crippen molar-refractivity contribution in [1.82, 2.24) is 9.78 Å². The number of hydrogen-bond donors (Lipinski definition) is 1. The minimum atomic E-state index is -0.259. The van der Waals surface area contributed by atoms with Crippen molar-refractivity contribution in [3.63, 3.8) is 0 Å². The van der Waals surface area contributed by atoms with Gasteiger partial charge in [-0.1, -0.05) is 12.1 Å². The summed E-state index contributed by atoms with van der Waals surface area (Å²) in [6.07, 6.45) is 1.90. The van der Waals surface area contributed by atoms with Crippen LogP contribution in [0.3, 0.4) is 0 Å². The van der Waals surface area contributed by atoms with Crippen molar-refractivity contribution in [2.45, 2.75) is 20.0 Å². The lowest BCUT2D eigenvalue weighted by Gasteiger charge is -2.05. The van der Waals surface area contributed by atoms with Gasteiger partial charge in [-0.05, 0) is 34.5 Å². The summed E-state index contributed by atoms with van der Waals surface area (Å²) in [6, 6.07) is 4.98. The van der Waals surface area contributed by atoms with Gasteiger partial charge in [-0.2, -0.15) is 5.10 Å². The molecule has 0 aliphatic rings. The molecule has 5 heteroatoms. The Labute approximate surface area is 108 Å². The Hall–Kier alpha value is -1.20. The van der Waals surface area contributed by atoms with E-state index < -0.39 is 0 Å². The summed E-state index contributed by atoms with van der Waals surface area (Å²) in [7, 11) is 0. The summed E-state index contributed by atoms with van der Waals surface area (Å²) in [5, 5.41) is 4.34. The van der Waals surface area contributed by atoms with Crippen LogP contribution in [0.5, 0.6) is 0 Å². The van der Waals surface area contributed by atoms with Crippen LogP contribution in [0.15, 0.2) is 28.9 Å². The molecule has 90 valence electrons. The SMILES string of the molecule is Cc1nn(Cc2cccc(F)c2Br)cc1CN. The van der Waals surface area contributed by atoms with Gasteiger partial charge in [0.1, 0.15) is 5.82 Å². The van der Waals surface area contributed by atoms with E-state index in [-0.39, 0.29) is 5.82 Å². The number of nitrogens with two attached hydrogens (primary N) is 1. The molecule has 17 heavy (non-hydrogen) atoms. The van der Waals surface area contributed by atoms with Crippen LogP contribution in [0, 0.1) is 12.7 Å². The summed E-state index contributed by atoms with van der Waals surface area (Å²) in [5.74, 6) is -0.259. The van der Waals surface area contributed by atoms with Crippen molar-refractivity contribution in [3.05, 3.63) is 51.5 Å².